The number of benzene rings is 2. The fourth-order valence-corrected chi connectivity index (χ4v) is 4.78. The third kappa shape index (κ3) is 4.14. The number of thiocarbonyl (C=S) groups is 1. The minimum atomic E-state index is -0.439. The van der Waals surface area contributed by atoms with E-state index in [0.29, 0.717) is 26.0 Å². The lowest BCUT2D eigenvalue weighted by molar-refractivity contribution is -0.384. The lowest BCUT2D eigenvalue weighted by Gasteiger charge is -2.18. The van der Waals surface area contributed by atoms with Gasteiger partial charge in [0.2, 0.25) is 0 Å². The highest BCUT2D eigenvalue weighted by atomic mass is 32.2. The molecular weight excluding hydrogens is 432 g/mol. The number of amides is 1. The molecule has 1 fully saturated rings. The number of carbonyl (C=O) groups is 1. The van der Waals surface area contributed by atoms with E-state index in [2.05, 4.69) is 5.10 Å². The summed E-state index contributed by atoms with van der Waals surface area (Å²) in [5.74, 6) is -0.151. The Morgan fingerprint density at radius 1 is 1.16 bits per heavy atom. The molecule has 3 aromatic rings. The predicted molar refractivity (Wildman–Crippen MR) is 126 cm³/mol. The molecule has 7 nitrogen and oxygen atoms in total. The lowest BCUT2D eigenvalue weighted by atomic mass is 10.1. The molecule has 0 atom stereocenters. The van der Waals surface area contributed by atoms with E-state index in [9.17, 15) is 14.9 Å². The highest BCUT2D eigenvalue weighted by Gasteiger charge is 2.34. The zero-order valence-electron chi connectivity index (χ0n) is 16.8. The third-order valence-corrected chi connectivity index (χ3v) is 6.05. The van der Waals surface area contributed by atoms with Gasteiger partial charge in [-0.25, -0.2) is 4.68 Å². The van der Waals surface area contributed by atoms with E-state index in [0.717, 1.165) is 5.69 Å². The molecule has 4 rings (SSSR count). The second kappa shape index (κ2) is 8.44. The summed E-state index contributed by atoms with van der Waals surface area (Å²) in [4.78, 5) is 25.8. The van der Waals surface area contributed by atoms with E-state index in [-0.39, 0.29) is 17.6 Å². The zero-order valence-corrected chi connectivity index (χ0v) is 18.4. The van der Waals surface area contributed by atoms with Crippen LogP contribution in [0.1, 0.15) is 19.4 Å². The minimum absolute atomic E-state index is 0.0242. The van der Waals surface area contributed by atoms with E-state index < -0.39 is 4.92 Å². The molecule has 1 aliphatic heterocycles. The van der Waals surface area contributed by atoms with Crippen LogP contribution in [0.4, 0.5) is 5.69 Å². The first-order valence-corrected chi connectivity index (χ1v) is 10.7. The monoisotopic (exact) mass is 450 g/mol. The van der Waals surface area contributed by atoms with Crippen molar-refractivity contribution in [3.63, 3.8) is 0 Å². The number of non-ortho nitro benzene ring substituents is 1. The standard InChI is InChI=1S/C22H18N4O3S2/c1-14(2)25-21(27)19(31-22(25)30)12-16-13-24(17-8-4-3-5-9-17)23-20(16)15-7-6-10-18(11-15)26(28)29/h3-14H,1-2H3. The zero-order chi connectivity index (χ0) is 22.1. The first kappa shape index (κ1) is 21.0. The summed E-state index contributed by atoms with van der Waals surface area (Å²) in [6, 6.07) is 15.8. The van der Waals surface area contributed by atoms with Crippen molar-refractivity contribution < 1.29 is 9.72 Å². The van der Waals surface area contributed by atoms with Crippen LogP contribution in [0, 0.1) is 10.1 Å². The van der Waals surface area contributed by atoms with Crippen LogP contribution in [0.3, 0.4) is 0 Å². The summed E-state index contributed by atoms with van der Waals surface area (Å²) in [6.45, 7) is 3.82. The van der Waals surface area contributed by atoms with Gasteiger partial charge in [-0.05, 0) is 32.1 Å². The van der Waals surface area contributed by atoms with Crippen LogP contribution >= 0.6 is 24.0 Å². The molecule has 9 heteroatoms. The molecule has 156 valence electrons. The van der Waals surface area contributed by atoms with Crippen LogP contribution in [-0.4, -0.2) is 35.9 Å². The fourth-order valence-electron chi connectivity index (χ4n) is 3.26. The molecule has 1 aliphatic rings. The van der Waals surface area contributed by atoms with Crippen LogP contribution in [0.5, 0.6) is 0 Å². The van der Waals surface area contributed by atoms with Gasteiger partial charge in [-0.2, -0.15) is 5.10 Å². The number of aromatic nitrogens is 2. The molecule has 0 radical (unpaired) electrons. The number of nitro groups is 1. The first-order valence-electron chi connectivity index (χ1n) is 9.52. The molecule has 2 heterocycles. The number of para-hydroxylation sites is 1. The Morgan fingerprint density at radius 2 is 1.90 bits per heavy atom. The van der Waals surface area contributed by atoms with Crippen LogP contribution in [0.25, 0.3) is 23.0 Å². The molecule has 0 bridgehead atoms. The van der Waals surface area contributed by atoms with Gasteiger partial charge in [0.05, 0.1) is 15.5 Å². The number of carbonyl (C=O) groups excluding carboxylic acids is 1. The van der Waals surface area contributed by atoms with Gasteiger partial charge in [0.25, 0.3) is 11.6 Å². The van der Waals surface area contributed by atoms with Gasteiger partial charge < -0.3 is 0 Å². The molecule has 1 amide bonds. The molecule has 0 saturated carbocycles. The Hall–Kier alpha value is -3.30. The summed E-state index contributed by atoms with van der Waals surface area (Å²) in [7, 11) is 0. The van der Waals surface area contributed by atoms with Crippen LogP contribution in [0.15, 0.2) is 65.7 Å². The SMILES string of the molecule is CC(C)N1C(=O)C(=Cc2cn(-c3ccccc3)nc2-c2cccc([N+](=O)[O-])c2)SC1=S. The van der Waals surface area contributed by atoms with Gasteiger partial charge in [-0.3, -0.25) is 19.8 Å². The van der Waals surface area contributed by atoms with Crippen LogP contribution < -0.4 is 0 Å². The van der Waals surface area contributed by atoms with E-state index >= 15 is 0 Å². The second-order valence-electron chi connectivity index (χ2n) is 7.17. The first-order chi connectivity index (χ1) is 14.8. The molecule has 1 saturated heterocycles. The summed E-state index contributed by atoms with van der Waals surface area (Å²) in [5.41, 5.74) is 2.62. The fraction of sp³-hybridized carbons (Fsp3) is 0.136. The topological polar surface area (TPSA) is 81.3 Å². The number of thioether (sulfide) groups is 1. The van der Waals surface area contributed by atoms with E-state index in [4.69, 9.17) is 12.2 Å². The molecular formula is C22H18N4O3S2. The molecule has 0 aliphatic carbocycles. The second-order valence-corrected chi connectivity index (χ2v) is 8.84. The number of rotatable bonds is 5. The van der Waals surface area contributed by atoms with E-state index in [1.54, 1.807) is 27.8 Å². The summed E-state index contributed by atoms with van der Waals surface area (Å²) in [6.07, 6.45) is 3.56. The molecule has 1 aromatic heterocycles. The summed E-state index contributed by atoms with van der Waals surface area (Å²) in [5, 5.41) is 15.9. The molecule has 0 N–H and O–H groups in total. The van der Waals surface area contributed by atoms with Gasteiger partial charge >= 0.3 is 0 Å². The van der Waals surface area contributed by atoms with Gasteiger partial charge in [0.1, 0.15) is 10.0 Å². The van der Waals surface area contributed by atoms with Crippen molar-refractivity contribution >= 4 is 46.0 Å². The van der Waals surface area contributed by atoms with Crippen molar-refractivity contribution in [2.24, 2.45) is 0 Å². The smallest absolute Gasteiger partial charge is 0.270 e. The highest BCUT2D eigenvalue weighted by molar-refractivity contribution is 8.26. The normalized spacial score (nSPS) is 15.3. The van der Waals surface area contributed by atoms with Gasteiger partial charge in [-0.1, -0.05) is 54.3 Å². The quantitative estimate of drug-likeness (QED) is 0.234. The number of hydrogen-bond donors (Lipinski definition) is 0. The summed E-state index contributed by atoms with van der Waals surface area (Å²) < 4.78 is 2.21. The van der Waals surface area contributed by atoms with Crippen molar-refractivity contribution in [2.45, 2.75) is 19.9 Å². The largest absolute Gasteiger partial charge is 0.290 e. The van der Waals surface area contributed by atoms with Crippen molar-refractivity contribution in [1.82, 2.24) is 14.7 Å². The molecule has 31 heavy (non-hydrogen) atoms. The Kier molecular flexibility index (Phi) is 5.71. The number of hydrogen-bond acceptors (Lipinski definition) is 6. The molecule has 0 unspecified atom stereocenters. The van der Waals surface area contributed by atoms with Crippen LogP contribution in [0.2, 0.25) is 0 Å². The van der Waals surface area contributed by atoms with E-state index in [1.165, 1.54) is 23.9 Å². The maximum atomic E-state index is 12.9. The van der Waals surface area contributed by atoms with Gasteiger partial charge in [0, 0.05) is 35.5 Å². The lowest BCUT2D eigenvalue weighted by Crippen LogP contribution is -2.34. The van der Waals surface area contributed by atoms with Gasteiger partial charge in [-0.15, -0.1) is 0 Å². The van der Waals surface area contributed by atoms with E-state index in [1.807, 2.05) is 50.4 Å². The Labute approximate surface area is 188 Å². The Bertz CT molecular complexity index is 1220. The van der Waals surface area contributed by atoms with Crippen molar-refractivity contribution in [3.05, 3.63) is 81.4 Å². The molecule has 2 aromatic carbocycles. The number of nitro benzene ring substituents is 1. The van der Waals surface area contributed by atoms with Crippen molar-refractivity contribution in [2.75, 3.05) is 0 Å². The van der Waals surface area contributed by atoms with Gasteiger partial charge in [0.15, 0.2) is 0 Å². The Morgan fingerprint density at radius 3 is 2.55 bits per heavy atom. The van der Waals surface area contributed by atoms with Crippen molar-refractivity contribution in [3.8, 4) is 16.9 Å². The maximum absolute atomic E-state index is 12.9. The van der Waals surface area contributed by atoms with Crippen LogP contribution in [-0.2, 0) is 4.79 Å². The average molecular weight is 451 g/mol. The number of nitrogens with zero attached hydrogens (tertiary/aromatic N) is 4. The summed E-state index contributed by atoms with van der Waals surface area (Å²) >= 11 is 6.62. The average Bonchev–Trinajstić information content (AvgIpc) is 3.29. The minimum Gasteiger partial charge on any atom is -0.290 e. The molecule has 0 spiro atoms. The maximum Gasteiger partial charge on any atom is 0.270 e. The predicted octanol–water partition coefficient (Wildman–Crippen LogP) is 5.06. The highest BCUT2D eigenvalue weighted by Crippen LogP contribution is 2.36. The van der Waals surface area contributed by atoms with Crippen molar-refractivity contribution in [1.29, 1.82) is 0 Å². The third-order valence-electron chi connectivity index (χ3n) is 4.72. The Balaban J connectivity index is 1.84.